The van der Waals surface area contributed by atoms with E-state index in [1.807, 2.05) is 31.2 Å². The molecule has 3 heteroatoms. The van der Waals surface area contributed by atoms with Gasteiger partial charge in [0.15, 0.2) is 5.78 Å². The molecule has 0 atom stereocenters. The number of Topliss-reactive ketones (excluding diaryl/α,β-unsaturated/α-hetero) is 1. The summed E-state index contributed by atoms with van der Waals surface area (Å²) in [4.78, 5) is 12.1. The zero-order chi connectivity index (χ0) is 14.2. The fourth-order valence-electron chi connectivity index (χ4n) is 2.73. The van der Waals surface area contributed by atoms with Crippen molar-refractivity contribution in [1.82, 2.24) is 5.32 Å². The first-order valence-corrected chi connectivity index (χ1v) is 7.79. The van der Waals surface area contributed by atoms with Crippen molar-refractivity contribution >= 4 is 5.78 Å². The van der Waals surface area contributed by atoms with Gasteiger partial charge in [0.05, 0.1) is 13.2 Å². The number of hydrogen-bond donors (Lipinski definition) is 1. The van der Waals surface area contributed by atoms with E-state index >= 15 is 0 Å². The molecule has 0 amide bonds. The average Bonchev–Trinajstić information content (AvgIpc) is 2.74. The van der Waals surface area contributed by atoms with E-state index in [9.17, 15) is 4.79 Å². The van der Waals surface area contributed by atoms with Gasteiger partial charge in [-0.15, -0.1) is 0 Å². The van der Waals surface area contributed by atoms with Gasteiger partial charge in [-0.25, -0.2) is 0 Å². The molecule has 0 radical (unpaired) electrons. The van der Waals surface area contributed by atoms with E-state index in [1.165, 1.54) is 38.5 Å². The lowest BCUT2D eigenvalue weighted by molar-refractivity contribution is 0.0986. The van der Waals surface area contributed by atoms with Crippen molar-refractivity contribution < 1.29 is 9.53 Å². The lowest BCUT2D eigenvalue weighted by atomic mass is 10.1. The molecule has 1 aromatic carbocycles. The van der Waals surface area contributed by atoms with Crippen LogP contribution in [0.25, 0.3) is 0 Å². The van der Waals surface area contributed by atoms with Gasteiger partial charge in [-0.05, 0) is 44.0 Å². The van der Waals surface area contributed by atoms with Crippen molar-refractivity contribution in [3.05, 3.63) is 29.8 Å². The molecule has 0 spiro atoms. The predicted molar refractivity (Wildman–Crippen MR) is 81.4 cm³/mol. The topological polar surface area (TPSA) is 38.3 Å². The number of rotatable bonds is 6. The van der Waals surface area contributed by atoms with Crippen LogP contribution in [0.5, 0.6) is 5.75 Å². The van der Waals surface area contributed by atoms with Crippen LogP contribution < -0.4 is 10.1 Å². The molecule has 3 nitrogen and oxygen atoms in total. The maximum atomic E-state index is 12.1. The van der Waals surface area contributed by atoms with Gasteiger partial charge in [0.1, 0.15) is 5.75 Å². The minimum absolute atomic E-state index is 0.164. The van der Waals surface area contributed by atoms with Gasteiger partial charge in [-0.2, -0.15) is 0 Å². The van der Waals surface area contributed by atoms with E-state index in [0.29, 0.717) is 19.2 Å². The summed E-state index contributed by atoms with van der Waals surface area (Å²) >= 11 is 0. The zero-order valence-electron chi connectivity index (χ0n) is 12.4. The lowest BCUT2D eigenvalue weighted by Gasteiger charge is -2.15. The lowest BCUT2D eigenvalue weighted by Crippen LogP contribution is -2.33. The Hall–Kier alpha value is -1.35. The first kappa shape index (κ1) is 15.0. The summed E-state index contributed by atoms with van der Waals surface area (Å²) in [6.45, 7) is 3.05. The molecule has 1 aliphatic carbocycles. The van der Waals surface area contributed by atoms with Crippen LogP contribution in [0.3, 0.4) is 0 Å². The van der Waals surface area contributed by atoms with Crippen LogP contribution in [0.2, 0.25) is 0 Å². The Morgan fingerprint density at radius 3 is 2.40 bits per heavy atom. The summed E-state index contributed by atoms with van der Waals surface area (Å²) in [5, 5.41) is 3.42. The molecule has 110 valence electrons. The molecule has 0 aromatic heterocycles. The molecule has 0 aliphatic heterocycles. The molecule has 0 saturated heterocycles. The Bertz CT molecular complexity index is 406. The Balaban J connectivity index is 1.81. The molecule has 2 rings (SSSR count). The van der Waals surface area contributed by atoms with Crippen molar-refractivity contribution in [2.24, 2.45) is 0 Å². The summed E-state index contributed by atoms with van der Waals surface area (Å²) in [7, 11) is 0. The Labute approximate surface area is 121 Å². The van der Waals surface area contributed by atoms with Crippen LogP contribution in [-0.2, 0) is 0 Å². The van der Waals surface area contributed by atoms with Gasteiger partial charge in [0, 0.05) is 11.6 Å². The molecular formula is C17H25NO2. The van der Waals surface area contributed by atoms with Gasteiger partial charge in [-0.3, -0.25) is 4.79 Å². The summed E-state index contributed by atoms with van der Waals surface area (Å²) in [6.07, 6.45) is 7.66. The highest BCUT2D eigenvalue weighted by molar-refractivity contribution is 5.97. The summed E-state index contributed by atoms with van der Waals surface area (Å²) < 4.78 is 5.38. The highest BCUT2D eigenvalue weighted by atomic mass is 16.5. The molecule has 1 aromatic rings. The second kappa shape index (κ2) is 8.05. The van der Waals surface area contributed by atoms with Crippen molar-refractivity contribution in [1.29, 1.82) is 0 Å². The third-order valence-corrected chi connectivity index (χ3v) is 3.89. The van der Waals surface area contributed by atoms with E-state index < -0.39 is 0 Å². The number of nitrogens with one attached hydrogen (secondary N) is 1. The number of carbonyl (C=O) groups is 1. The molecule has 1 fully saturated rings. The van der Waals surface area contributed by atoms with Crippen LogP contribution in [0, 0.1) is 0 Å². The molecule has 20 heavy (non-hydrogen) atoms. The largest absolute Gasteiger partial charge is 0.494 e. The molecule has 0 unspecified atom stereocenters. The van der Waals surface area contributed by atoms with Crippen LogP contribution in [0.15, 0.2) is 24.3 Å². The quantitative estimate of drug-likeness (QED) is 0.637. The highest BCUT2D eigenvalue weighted by Crippen LogP contribution is 2.17. The van der Waals surface area contributed by atoms with Crippen LogP contribution in [0.1, 0.15) is 55.8 Å². The third-order valence-electron chi connectivity index (χ3n) is 3.89. The normalized spacial score (nSPS) is 16.6. The molecular weight excluding hydrogens is 250 g/mol. The average molecular weight is 275 g/mol. The van der Waals surface area contributed by atoms with E-state index in [0.717, 1.165) is 11.3 Å². The minimum atomic E-state index is 0.164. The van der Waals surface area contributed by atoms with Gasteiger partial charge in [0.25, 0.3) is 0 Å². The second-order valence-electron chi connectivity index (χ2n) is 5.45. The van der Waals surface area contributed by atoms with Crippen molar-refractivity contribution in [3.63, 3.8) is 0 Å². The summed E-state index contributed by atoms with van der Waals surface area (Å²) in [5.74, 6) is 0.984. The predicted octanol–water partition coefficient (Wildman–Crippen LogP) is 3.58. The van der Waals surface area contributed by atoms with Crippen LogP contribution >= 0.6 is 0 Å². The molecule has 0 heterocycles. The zero-order valence-corrected chi connectivity index (χ0v) is 12.4. The van der Waals surface area contributed by atoms with E-state index in [-0.39, 0.29) is 5.78 Å². The standard InChI is InChI=1S/C17H25NO2/c1-2-20-16-11-9-14(10-12-16)17(19)13-18-15-7-5-3-4-6-8-15/h9-12,15,18H,2-8,13H2,1H3. The van der Waals surface area contributed by atoms with Crippen molar-refractivity contribution in [3.8, 4) is 5.75 Å². The first-order valence-electron chi connectivity index (χ1n) is 7.79. The Morgan fingerprint density at radius 2 is 1.80 bits per heavy atom. The minimum Gasteiger partial charge on any atom is -0.494 e. The fraction of sp³-hybridized carbons (Fsp3) is 0.588. The number of carbonyl (C=O) groups excluding carboxylic acids is 1. The Morgan fingerprint density at radius 1 is 1.15 bits per heavy atom. The summed E-state index contributed by atoms with van der Waals surface area (Å²) in [6, 6.07) is 7.94. The number of benzene rings is 1. The van der Waals surface area contributed by atoms with Crippen LogP contribution in [-0.4, -0.2) is 25.0 Å². The number of hydrogen-bond acceptors (Lipinski definition) is 3. The third kappa shape index (κ3) is 4.64. The first-order chi connectivity index (χ1) is 9.79. The Kier molecular flexibility index (Phi) is 6.06. The van der Waals surface area contributed by atoms with Crippen molar-refractivity contribution in [2.45, 2.75) is 51.5 Å². The van der Waals surface area contributed by atoms with Crippen molar-refractivity contribution in [2.75, 3.05) is 13.2 Å². The fourth-order valence-corrected chi connectivity index (χ4v) is 2.73. The van der Waals surface area contributed by atoms with E-state index in [1.54, 1.807) is 0 Å². The molecule has 1 N–H and O–H groups in total. The molecule has 0 bridgehead atoms. The van der Waals surface area contributed by atoms with E-state index in [4.69, 9.17) is 4.74 Å². The second-order valence-corrected chi connectivity index (χ2v) is 5.45. The number of ether oxygens (including phenoxy) is 1. The van der Waals surface area contributed by atoms with Gasteiger partial charge in [0.2, 0.25) is 0 Å². The van der Waals surface area contributed by atoms with Crippen LogP contribution in [0.4, 0.5) is 0 Å². The molecule has 1 aliphatic rings. The van der Waals surface area contributed by atoms with Gasteiger partial charge < -0.3 is 10.1 Å². The highest BCUT2D eigenvalue weighted by Gasteiger charge is 2.13. The van der Waals surface area contributed by atoms with Gasteiger partial charge in [-0.1, -0.05) is 25.7 Å². The smallest absolute Gasteiger partial charge is 0.176 e. The van der Waals surface area contributed by atoms with E-state index in [2.05, 4.69) is 5.32 Å². The monoisotopic (exact) mass is 275 g/mol. The van der Waals surface area contributed by atoms with Gasteiger partial charge >= 0.3 is 0 Å². The molecule has 1 saturated carbocycles. The maximum absolute atomic E-state index is 12.1. The maximum Gasteiger partial charge on any atom is 0.176 e. The summed E-state index contributed by atoms with van der Waals surface area (Å²) in [5.41, 5.74) is 0.759. The SMILES string of the molecule is CCOc1ccc(C(=O)CNC2CCCCCC2)cc1. The number of ketones is 1.